The van der Waals surface area contributed by atoms with Crippen molar-refractivity contribution in [3.05, 3.63) is 47.5 Å². The van der Waals surface area contributed by atoms with Crippen molar-refractivity contribution in [3.63, 3.8) is 0 Å². The minimum absolute atomic E-state index is 0.0485. The van der Waals surface area contributed by atoms with E-state index in [1.807, 2.05) is 30.3 Å². The minimum Gasteiger partial charge on any atom is -0.481 e. The van der Waals surface area contributed by atoms with Crippen molar-refractivity contribution in [1.82, 2.24) is 4.90 Å². The molecule has 0 aliphatic carbocycles. The summed E-state index contributed by atoms with van der Waals surface area (Å²) in [6, 6.07) is 9.49. The SMILES string of the molecule is O=C(O)CC1=CCN(C(=O)OCc2ccccc2)CC1. The predicted octanol–water partition coefficient (Wildman–Crippen LogP) is 2.43. The molecule has 1 aromatic rings. The summed E-state index contributed by atoms with van der Waals surface area (Å²) in [6.07, 6.45) is 2.07. The summed E-state index contributed by atoms with van der Waals surface area (Å²) in [5.41, 5.74) is 1.81. The fourth-order valence-electron chi connectivity index (χ4n) is 2.04. The lowest BCUT2D eigenvalue weighted by Gasteiger charge is -2.25. The first-order chi connectivity index (χ1) is 9.65. The van der Waals surface area contributed by atoms with Gasteiger partial charge in [-0.15, -0.1) is 0 Å². The van der Waals surface area contributed by atoms with Crippen molar-refractivity contribution >= 4 is 12.1 Å². The minimum atomic E-state index is -0.837. The molecule has 0 spiro atoms. The van der Waals surface area contributed by atoms with Gasteiger partial charge < -0.3 is 14.7 Å². The molecule has 0 aromatic heterocycles. The first-order valence-electron chi connectivity index (χ1n) is 6.50. The summed E-state index contributed by atoms with van der Waals surface area (Å²) in [6.45, 7) is 1.17. The van der Waals surface area contributed by atoms with Crippen LogP contribution in [0.3, 0.4) is 0 Å². The Kier molecular flexibility index (Phi) is 4.76. The second kappa shape index (κ2) is 6.75. The van der Waals surface area contributed by atoms with Crippen LogP contribution in [0, 0.1) is 0 Å². The third-order valence-electron chi connectivity index (χ3n) is 3.14. The predicted molar refractivity (Wildman–Crippen MR) is 73.2 cm³/mol. The third-order valence-corrected chi connectivity index (χ3v) is 3.14. The molecule has 1 amide bonds. The summed E-state index contributed by atoms with van der Waals surface area (Å²) in [7, 11) is 0. The van der Waals surface area contributed by atoms with E-state index in [4.69, 9.17) is 9.84 Å². The van der Waals surface area contributed by atoms with Gasteiger partial charge in [-0.1, -0.05) is 42.0 Å². The topological polar surface area (TPSA) is 66.8 Å². The number of carboxylic acid groups (broad SMARTS) is 1. The van der Waals surface area contributed by atoms with Crippen LogP contribution in [0.1, 0.15) is 18.4 Å². The van der Waals surface area contributed by atoms with E-state index in [-0.39, 0.29) is 19.1 Å². The number of benzene rings is 1. The fourth-order valence-corrected chi connectivity index (χ4v) is 2.04. The Morgan fingerprint density at radius 2 is 2.00 bits per heavy atom. The molecule has 1 aliphatic rings. The maximum atomic E-state index is 11.9. The molecule has 1 aromatic carbocycles. The molecule has 0 atom stereocenters. The lowest BCUT2D eigenvalue weighted by molar-refractivity contribution is -0.136. The van der Waals surface area contributed by atoms with Gasteiger partial charge in [-0.2, -0.15) is 0 Å². The van der Waals surface area contributed by atoms with E-state index in [2.05, 4.69) is 0 Å². The Hall–Kier alpha value is -2.30. The number of carbonyl (C=O) groups excluding carboxylic acids is 1. The smallest absolute Gasteiger partial charge is 0.410 e. The van der Waals surface area contributed by atoms with Gasteiger partial charge in [-0.05, 0) is 12.0 Å². The fraction of sp³-hybridized carbons (Fsp3) is 0.333. The van der Waals surface area contributed by atoms with E-state index >= 15 is 0 Å². The molecule has 1 aliphatic heterocycles. The molecule has 5 nitrogen and oxygen atoms in total. The number of carbonyl (C=O) groups is 2. The number of amides is 1. The number of carboxylic acids is 1. The summed E-state index contributed by atoms with van der Waals surface area (Å²) >= 11 is 0. The monoisotopic (exact) mass is 275 g/mol. The Morgan fingerprint density at radius 1 is 1.25 bits per heavy atom. The molecule has 1 heterocycles. The first-order valence-corrected chi connectivity index (χ1v) is 6.50. The summed E-state index contributed by atoms with van der Waals surface area (Å²) in [5.74, 6) is -0.837. The molecule has 0 radical (unpaired) electrons. The largest absolute Gasteiger partial charge is 0.481 e. The highest BCUT2D eigenvalue weighted by Gasteiger charge is 2.19. The van der Waals surface area contributed by atoms with E-state index in [0.717, 1.165) is 11.1 Å². The average Bonchev–Trinajstić information content (AvgIpc) is 2.46. The van der Waals surface area contributed by atoms with Gasteiger partial charge in [0.25, 0.3) is 0 Å². The van der Waals surface area contributed by atoms with Crippen LogP contribution in [0.25, 0.3) is 0 Å². The van der Waals surface area contributed by atoms with Crippen LogP contribution in [-0.4, -0.2) is 35.2 Å². The Morgan fingerprint density at radius 3 is 2.60 bits per heavy atom. The second-order valence-corrected chi connectivity index (χ2v) is 4.67. The maximum absolute atomic E-state index is 11.9. The van der Waals surface area contributed by atoms with Gasteiger partial charge in [0.2, 0.25) is 0 Å². The second-order valence-electron chi connectivity index (χ2n) is 4.67. The molecule has 0 saturated carbocycles. The Labute approximate surface area is 117 Å². The average molecular weight is 275 g/mol. The highest BCUT2D eigenvalue weighted by Crippen LogP contribution is 2.15. The number of ether oxygens (including phenoxy) is 1. The van der Waals surface area contributed by atoms with Crippen molar-refractivity contribution in [2.45, 2.75) is 19.4 Å². The number of nitrogens with zero attached hydrogens (tertiary/aromatic N) is 1. The van der Waals surface area contributed by atoms with Crippen LogP contribution < -0.4 is 0 Å². The molecule has 0 unspecified atom stereocenters. The van der Waals surface area contributed by atoms with Gasteiger partial charge in [0.15, 0.2) is 0 Å². The van der Waals surface area contributed by atoms with Crippen LogP contribution >= 0.6 is 0 Å². The molecule has 5 heteroatoms. The molecule has 0 bridgehead atoms. The first kappa shape index (κ1) is 14.1. The zero-order valence-electron chi connectivity index (χ0n) is 11.1. The van der Waals surface area contributed by atoms with Crippen LogP contribution in [-0.2, 0) is 16.1 Å². The van der Waals surface area contributed by atoms with Gasteiger partial charge in [0.05, 0.1) is 6.42 Å². The number of rotatable bonds is 4. The van der Waals surface area contributed by atoms with E-state index < -0.39 is 5.97 Å². The Bertz CT molecular complexity index is 510. The van der Waals surface area contributed by atoms with Gasteiger partial charge in [-0.3, -0.25) is 4.79 Å². The van der Waals surface area contributed by atoms with E-state index in [1.165, 1.54) is 0 Å². The van der Waals surface area contributed by atoms with Crippen LogP contribution in [0.4, 0.5) is 4.79 Å². The molecule has 106 valence electrons. The van der Waals surface area contributed by atoms with Crippen LogP contribution in [0.15, 0.2) is 42.0 Å². The zero-order chi connectivity index (χ0) is 14.4. The molecular weight excluding hydrogens is 258 g/mol. The maximum Gasteiger partial charge on any atom is 0.410 e. The van der Waals surface area contributed by atoms with Gasteiger partial charge in [0, 0.05) is 13.1 Å². The molecule has 0 saturated heterocycles. The highest BCUT2D eigenvalue weighted by molar-refractivity contribution is 5.71. The van der Waals surface area contributed by atoms with Crippen molar-refractivity contribution in [2.75, 3.05) is 13.1 Å². The molecule has 1 N–H and O–H groups in total. The van der Waals surface area contributed by atoms with Gasteiger partial charge in [0.1, 0.15) is 6.61 Å². The lowest BCUT2D eigenvalue weighted by Crippen LogP contribution is -2.35. The van der Waals surface area contributed by atoms with Gasteiger partial charge >= 0.3 is 12.1 Å². The van der Waals surface area contributed by atoms with Crippen LogP contribution in [0.2, 0.25) is 0 Å². The number of hydrogen-bond donors (Lipinski definition) is 1. The molecule has 2 rings (SSSR count). The lowest BCUT2D eigenvalue weighted by atomic mass is 10.1. The number of aliphatic carboxylic acids is 1. The Balaban J connectivity index is 1.80. The van der Waals surface area contributed by atoms with Crippen molar-refractivity contribution < 1.29 is 19.4 Å². The normalized spacial score (nSPS) is 14.6. The summed E-state index contributed by atoms with van der Waals surface area (Å²) in [4.78, 5) is 24.0. The molecule has 20 heavy (non-hydrogen) atoms. The quantitative estimate of drug-likeness (QED) is 0.857. The van der Waals surface area contributed by atoms with E-state index in [0.29, 0.717) is 19.5 Å². The number of hydrogen-bond acceptors (Lipinski definition) is 3. The van der Waals surface area contributed by atoms with Gasteiger partial charge in [-0.25, -0.2) is 4.79 Å². The highest BCUT2D eigenvalue weighted by atomic mass is 16.6. The van der Waals surface area contributed by atoms with E-state index in [1.54, 1.807) is 11.0 Å². The van der Waals surface area contributed by atoms with Crippen molar-refractivity contribution in [3.8, 4) is 0 Å². The third kappa shape index (κ3) is 4.12. The van der Waals surface area contributed by atoms with E-state index in [9.17, 15) is 9.59 Å². The van der Waals surface area contributed by atoms with Crippen molar-refractivity contribution in [1.29, 1.82) is 0 Å². The van der Waals surface area contributed by atoms with Crippen molar-refractivity contribution in [2.24, 2.45) is 0 Å². The zero-order valence-corrected chi connectivity index (χ0v) is 11.1. The molecular formula is C15H17NO4. The summed E-state index contributed by atoms with van der Waals surface area (Å²) < 4.78 is 5.23. The van der Waals surface area contributed by atoms with Crippen LogP contribution in [0.5, 0.6) is 0 Å². The summed E-state index contributed by atoms with van der Waals surface area (Å²) in [5, 5.41) is 8.71. The standard InChI is InChI=1S/C15H17NO4/c17-14(18)10-12-6-8-16(9-7-12)15(19)20-11-13-4-2-1-3-5-13/h1-6H,7-11H2,(H,17,18). The molecule has 0 fully saturated rings.